The Morgan fingerprint density at radius 1 is 0.950 bits per heavy atom. The lowest BCUT2D eigenvalue weighted by Crippen LogP contribution is -2.54. The molecule has 0 spiro atoms. The summed E-state index contributed by atoms with van der Waals surface area (Å²) < 4.78 is 28.7. The third-order valence-corrected chi connectivity index (χ3v) is 9.42. The van der Waals surface area contributed by atoms with Gasteiger partial charge in [0.15, 0.2) is 0 Å². The van der Waals surface area contributed by atoms with Crippen LogP contribution in [0.25, 0.3) is 0 Å². The number of hydrogen-bond acceptors (Lipinski definition) is 4. The second-order valence-electron chi connectivity index (χ2n) is 10.1. The first-order valence-electron chi connectivity index (χ1n) is 13.2. The average Bonchev–Trinajstić information content (AvgIpc) is 3.44. The summed E-state index contributed by atoms with van der Waals surface area (Å²) >= 11 is 5.60. The molecular weight excluding hydrogens is 705 g/mol. The maximum atomic E-state index is 14.1. The Labute approximate surface area is 258 Å². The van der Waals surface area contributed by atoms with Crippen LogP contribution in [0.15, 0.2) is 83.3 Å². The molecule has 1 atom stereocenters. The molecule has 0 heterocycles. The first-order valence-corrected chi connectivity index (χ1v) is 16.9. The molecular formula is C30H33BrIN3O4S. The number of nitrogens with one attached hydrogen (secondary N) is 1. The maximum Gasteiger partial charge on any atom is 0.244 e. The van der Waals surface area contributed by atoms with Gasteiger partial charge in [-0.2, -0.15) is 0 Å². The quantitative estimate of drug-likeness (QED) is 0.263. The summed E-state index contributed by atoms with van der Waals surface area (Å²) in [6.07, 6.45) is 5.36. The van der Waals surface area contributed by atoms with Crippen LogP contribution >= 0.6 is 38.5 Å². The molecule has 0 saturated heterocycles. The molecule has 3 aromatic rings. The van der Waals surface area contributed by atoms with Gasteiger partial charge in [-0.25, -0.2) is 8.42 Å². The van der Waals surface area contributed by atoms with E-state index in [1.165, 1.54) is 4.90 Å². The molecule has 0 bridgehead atoms. The van der Waals surface area contributed by atoms with E-state index in [2.05, 4.69) is 43.8 Å². The predicted molar refractivity (Wildman–Crippen MR) is 170 cm³/mol. The number of hydrogen-bond donors (Lipinski definition) is 1. The minimum absolute atomic E-state index is 0.0784. The Morgan fingerprint density at radius 3 is 2.17 bits per heavy atom. The molecule has 4 rings (SSSR count). The molecule has 40 heavy (non-hydrogen) atoms. The van der Waals surface area contributed by atoms with E-state index in [1.807, 2.05) is 54.6 Å². The first kappa shape index (κ1) is 30.5. The van der Waals surface area contributed by atoms with Crippen molar-refractivity contribution in [3.63, 3.8) is 0 Å². The van der Waals surface area contributed by atoms with Gasteiger partial charge < -0.3 is 10.2 Å². The van der Waals surface area contributed by atoms with Crippen LogP contribution in [0, 0.1) is 3.57 Å². The molecule has 0 unspecified atom stereocenters. The van der Waals surface area contributed by atoms with Crippen molar-refractivity contribution < 1.29 is 18.0 Å². The van der Waals surface area contributed by atoms with Crippen LogP contribution in [0.3, 0.4) is 0 Å². The van der Waals surface area contributed by atoms with Crippen molar-refractivity contribution in [1.82, 2.24) is 10.2 Å². The molecule has 0 aromatic heterocycles. The van der Waals surface area contributed by atoms with Crippen molar-refractivity contribution in [1.29, 1.82) is 0 Å². The highest BCUT2D eigenvalue weighted by Gasteiger charge is 2.34. The fourth-order valence-electron chi connectivity index (χ4n) is 4.93. The van der Waals surface area contributed by atoms with Crippen LogP contribution < -0.4 is 9.62 Å². The van der Waals surface area contributed by atoms with Crippen LogP contribution in [0.4, 0.5) is 5.69 Å². The van der Waals surface area contributed by atoms with Gasteiger partial charge in [0.25, 0.3) is 0 Å². The average molecular weight is 738 g/mol. The fourth-order valence-corrected chi connectivity index (χ4v) is 6.40. The van der Waals surface area contributed by atoms with E-state index >= 15 is 0 Å². The summed E-state index contributed by atoms with van der Waals surface area (Å²) in [6, 6.07) is 23.4. The van der Waals surface area contributed by atoms with E-state index in [0.717, 1.165) is 55.4 Å². The second-order valence-corrected chi connectivity index (χ2v) is 14.2. The number of carbonyl (C=O) groups excluding carboxylic acids is 2. The van der Waals surface area contributed by atoms with Crippen molar-refractivity contribution in [3.8, 4) is 0 Å². The summed E-state index contributed by atoms with van der Waals surface area (Å²) in [6.45, 7) is -0.260. The van der Waals surface area contributed by atoms with Gasteiger partial charge in [-0.3, -0.25) is 13.9 Å². The number of halogens is 2. The van der Waals surface area contributed by atoms with Crippen LogP contribution in [-0.4, -0.2) is 50.0 Å². The summed E-state index contributed by atoms with van der Waals surface area (Å²) in [7, 11) is -3.78. The highest BCUT2D eigenvalue weighted by molar-refractivity contribution is 14.1. The number of sulfonamides is 1. The first-order chi connectivity index (χ1) is 19.1. The largest absolute Gasteiger partial charge is 0.352 e. The molecule has 1 aliphatic carbocycles. The molecule has 1 aliphatic rings. The Hall–Kier alpha value is -2.44. The number of rotatable bonds is 11. The van der Waals surface area contributed by atoms with Gasteiger partial charge in [0.1, 0.15) is 12.6 Å². The van der Waals surface area contributed by atoms with E-state index < -0.39 is 28.5 Å². The molecule has 2 amide bonds. The third-order valence-electron chi connectivity index (χ3n) is 7.03. The molecule has 1 N–H and O–H groups in total. The minimum atomic E-state index is -3.78. The highest BCUT2D eigenvalue weighted by atomic mass is 127. The molecule has 0 aliphatic heterocycles. The fraction of sp³-hybridized carbons (Fsp3) is 0.333. The SMILES string of the molecule is CS(=O)(=O)N(CC(=O)N(Cc1ccc(Br)cc1)[C@H](Cc1ccccc1)C(=O)NC1CCCC1)c1ccc(I)cc1. The van der Waals surface area contributed by atoms with E-state index in [9.17, 15) is 18.0 Å². The molecule has 10 heteroatoms. The van der Waals surface area contributed by atoms with E-state index in [1.54, 1.807) is 24.3 Å². The Bertz CT molecular complexity index is 1400. The van der Waals surface area contributed by atoms with Gasteiger partial charge in [0.05, 0.1) is 11.9 Å². The second kappa shape index (κ2) is 14.0. The van der Waals surface area contributed by atoms with Gasteiger partial charge in [-0.1, -0.05) is 71.2 Å². The van der Waals surface area contributed by atoms with Crippen LogP contribution in [0.2, 0.25) is 0 Å². The van der Waals surface area contributed by atoms with E-state index in [0.29, 0.717) is 12.1 Å². The summed E-state index contributed by atoms with van der Waals surface area (Å²) in [5.74, 6) is -0.671. The number of amides is 2. The monoisotopic (exact) mass is 737 g/mol. The molecule has 212 valence electrons. The number of benzene rings is 3. The van der Waals surface area contributed by atoms with Crippen LogP contribution in [0.5, 0.6) is 0 Å². The number of carbonyl (C=O) groups is 2. The van der Waals surface area contributed by atoms with Crippen LogP contribution in [-0.2, 0) is 32.6 Å². The summed E-state index contributed by atoms with van der Waals surface area (Å²) in [5.41, 5.74) is 2.15. The smallest absolute Gasteiger partial charge is 0.244 e. The lowest BCUT2D eigenvalue weighted by molar-refractivity contribution is -0.140. The third kappa shape index (κ3) is 8.53. The Kier molecular flexibility index (Phi) is 10.6. The van der Waals surface area contributed by atoms with Crippen molar-refractivity contribution >= 4 is 66.0 Å². The summed E-state index contributed by atoms with van der Waals surface area (Å²) in [4.78, 5) is 29.5. The standard InChI is InChI=1S/C30H33BrIN3O4S/c1-40(38,39)35(27-17-15-25(32)16-18-27)21-29(36)34(20-23-11-13-24(31)14-12-23)28(19-22-7-3-2-4-8-22)30(37)33-26-9-5-6-10-26/h2-4,7-8,11-18,26,28H,5-6,9-10,19-21H2,1H3,(H,33,37)/t28-/m1/s1. The summed E-state index contributed by atoms with van der Waals surface area (Å²) in [5, 5.41) is 3.18. The zero-order chi connectivity index (χ0) is 28.7. The molecule has 7 nitrogen and oxygen atoms in total. The maximum absolute atomic E-state index is 14.1. The Balaban J connectivity index is 1.71. The number of anilines is 1. The minimum Gasteiger partial charge on any atom is -0.352 e. The van der Waals surface area contributed by atoms with E-state index in [4.69, 9.17) is 0 Å². The van der Waals surface area contributed by atoms with Gasteiger partial charge in [0.2, 0.25) is 21.8 Å². The van der Waals surface area contributed by atoms with Gasteiger partial charge >= 0.3 is 0 Å². The number of nitrogens with zero attached hydrogens (tertiary/aromatic N) is 2. The normalized spacial score (nSPS) is 14.5. The van der Waals surface area contributed by atoms with Crippen molar-refractivity contribution in [2.24, 2.45) is 0 Å². The van der Waals surface area contributed by atoms with Gasteiger partial charge in [0, 0.05) is 27.1 Å². The zero-order valence-electron chi connectivity index (χ0n) is 22.3. The topological polar surface area (TPSA) is 86.8 Å². The highest BCUT2D eigenvalue weighted by Crippen LogP contribution is 2.23. The predicted octanol–water partition coefficient (Wildman–Crippen LogP) is 5.52. The van der Waals surface area contributed by atoms with Crippen LogP contribution in [0.1, 0.15) is 36.8 Å². The van der Waals surface area contributed by atoms with E-state index in [-0.39, 0.29) is 18.5 Å². The lowest BCUT2D eigenvalue weighted by atomic mass is 10.0. The molecule has 3 aromatic carbocycles. The lowest BCUT2D eigenvalue weighted by Gasteiger charge is -2.34. The molecule has 1 fully saturated rings. The molecule has 1 saturated carbocycles. The zero-order valence-corrected chi connectivity index (χ0v) is 26.9. The van der Waals surface area contributed by atoms with Crippen molar-refractivity contribution in [2.45, 2.75) is 50.7 Å². The van der Waals surface area contributed by atoms with Gasteiger partial charge in [-0.05, 0) is 83.0 Å². The van der Waals surface area contributed by atoms with Gasteiger partial charge in [-0.15, -0.1) is 0 Å². The van der Waals surface area contributed by atoms with Crippen molar-refractivity contribution in [2.75, 3.05) is 17.1 Å². The van der Waals surface area contributed by atoms with Crippen molar-refractivity contribution in [3.05, 3.63) is 98.0 Å². The molecule has 0 radical (unpaired) electrons. The Morgan fingerprint density at radius 2 is 1.57 bits per heavy atom.